The van der Waals surface area contributed by atoms with Gasteiger partial charge < -0.3 is 11.1 Å². The molecule has 0 aliphatic carbocycles. The van der Waals surface area contributed by atoms with Crippen LogP contribution < -0.4 is 11.1 Å². The number of aromatic nitrogens is 3. The van der Waals surface area contributed by atoms with Crippen LogP contribution in [0.2, 0.25) is 0 Å². The Balaban J connectivity index is 1.48. The van der Waals surface area contributed by atoms with Crippen LogP contribution in [0, 0.1) is 0 Å². The molecule has 0 bridgehead atoms. The Morgan fingerprint density at radius 2 is 1.87 bits per heavy atom. The summed E-state index contributed by atoms with van der Waals surface area (Å²) < 4.78 is 1.64. The Hall–Kier alpha value is -3.19. The summed E-state index contributed by atoms with van der Waals surface area (Å²) in [6.45, 7) is 8.58. The molecule has 0 aliphatic rings. The molecule has 4 aromatic rings. The van der Waals surface area contributed by atoms with E-state index in [-0.39, 0.29) is 23.3 Å². The molecule has 1 unspecified atom stereocenters. The van der Waals surface area contributed by atoms with E-state index >= 15 is 0 Å². The van der Waals surface area contributed by atoms with E-state index in [0.29, 0.717) is 10.5 Å². The molecule has 0 spiro atoms. The van der Waals surface area contributed by atoms with Gasteiger partial charge in [-0.2, -0.15) is 4.98 Å². The van der Waals surface area contributed by atoms with E-state index in [1.165, 1.54) is 16.9 Å². The van der Waals surface area contributed by atoms with Crippen molar-refractivity contribution in [3.63, 3.8) is 0 Å². The number of anilines is 1. The highest BCUT2D eigenvalue weighted by molar-refractivity contribution is 7.12. The molecule has 3 heterocycles. The number of nitrogen functional groups attached to an aromatic ring is 1. The highest BCUT2D eigenvalue weighted by Crippen LogP contribution is 2.27. The van der Waals surface area contributed by atoms with Gasteiger partial charge in [0, 0.05) is 11.8 Å². The molecule has 3 N–H and O–H groups in total. The van der Waals surface area contributed by atoms with Gasteiger partial charge in [0.05, 0.1) is 10.9 Å². The number of hydrogen-bond acceptors (Lipinski definition) is 5. The zero-order valence-electron chi connectivity index (χ0n) is 17.5. The van der Waals surface area contributed by atoms with E-state index in [2.05, 4.69) is 60.4 Å². The number of rotatable bonds is 4. The number of carbonyl (C=O) groups excluding carboxylic acids is 1. The maximum absolute atomic E-state index is 12.8. The lowest BCUT2D eigenvalue weighted by molar-refractivity contribution is 0.0944. The molecule has 30 heavy (non-hydrogen) atoms. The van der Waals surface area contributed by atoms with Crippen molar-refractivity contribution in [2.45, 2.75) is 39.2 Å². The Bertz CT molecular complexity index is 1200. The molecule has 0 aliphatic heterocycles. The van der Waals surface area contributed by atoms with E-state index in [1.54, 1.807) is 4.52 Å². The Kier molecular flexibility index (Phi) is 5.07. The number of carbonyl (C=O) groups is 1. The summed E-state index contributed by atoms with van der Waals surface area (Å²) in [5, 5.41) is 9.21. The monoisotopic (exact) mass is 419 g/mol. The van der Waals surface area contributed by atoms with E-state index in [1.807, 2.05) is 36.7 Å². The predicted octanol–water partition coefficient (Wildman–Crippen LogP) is 4.83. The molecule has 154 valence electrons. The summed E-state index contributed by atoms with van der Waals surface area (Å²) >= 11 is 1.42. The number of benzene rings is 1. The maximum atomic E-state index is 12.8. The van der Waals surface area contributed by atoms with Gasteiger partial charge >= 0.3 is 0 Å². The first kappa shape index (κ1) is 20.1. The quantitative estimate of drug-likeness (QED) is 0.496. The molecular formula is C23H25N5OS. The Labute approximate surface area is 179 Å². The number of nitrogens with two attached hydrogens (primary N) is 1. The number of nitrogens with one attached hydrogen (secondary N) is 1. The average molecular weight is 420 g/mol. The summed E-state index contributed by atoms with van der Waals surface area (Å²) in [7, 11) is 0. The van der Waals surface area contributed by atoms with Gasteiger partial charge in [-0.05, 0) is 52.6 Å². The van der Waals surface area contributed by atoms with Gasteiger partial charge in [-0.3, -0.25) is 4.79 Å². The normalized spacial score (nSPS) is 12.8. The van der Waals surface area contributed by atoms with Crippen molar-refractivity contribution in [2.75, 3.05) is 5.73 Å². The second-order valence-corrected chi connectivity index (χ2v) is 9.37. The average Bonchev–Trinajstić information content (AvgIpc) is 3.32. The van der Waals surface area contributed by atoms with Crippen molar-refractivity contribution in [3.8, 4) is 11.1 Å². The van der Waals surface area contributed by atoms with Crippen LogP contribution in [-0.2, 0) is 5.41 Å². The van der Waals surface area contributed by atoms with Crippen LogP contribution in [0.25, 0.3) is 16.8 Å². The van der Waals surface area contributed by atoms with Gasteiger partial charge in [0.1, 0.15) is 0 Å². The van der Waals surface area contributed by atoms with Crippen molar-refractivity contribution in [3.05, 3.63) is 70.0 Å². The van der Waals surface area contributed by atoms with Crippen LogP contribution in [-0.4, -0.2) is 20.5 Å². The molecular weight excluding hydrogens is 394 g/mol. The number of hydrogen-bond donors (Lipinski definition) is 2. The lowest BCUT2D eigenvalue weighted by Gasteiger charge is -2.20. The second kappa shape index (κ2) is 7.57. The highest BCUT2D eigenvalue weighted by Gasteiger charge is 2.17. The number of pyridine rings is 1. The van der Waals surface area contributed by atoms with Crippen LogP contribution >= 0.6 is 11.3 Å². The van der Waals surface area contributed by atoms with Crippen LogP contribution in [0.15, 0.2) is 54.0 Å². The molecule has 1 amide bonds. The van der Waals surface area contributed by atoms with Crippen LogP contribution in [0.5, 0.6) is 0 Å². The third kappa shape index (κ3) is 4.07. The fraction of sp³-hybridized carbons (Fsp3) is 0.261. The minimum atomic E-state index is -0.0790. The molecule has 0 radical (unpaired) electrons. The van der Waals surface area contributed by atoms with Gasteiger partial charge in [0.15, 0.2) is 5.65 Å². The number of thiophene rings is 1. The lowest BCUT2D eigenvalue weighted by atomic mass is 9.86. The minimum absolute atomic E-state index is 0.0773. The van der Waals surface area contributed by atoms with Crippen molar-refractivity contribution >= 4 is 28.8 Å². The van der Waals surface area contributed by atoms with Gasteiger partial charge in [-0.15, -0.1) is 16.4 Å². The van der Waals surface area contributed by atoms with Crippen molar-refractivity contribution in [2.24, 2.45) is 0 Å². The van der Waals surface area contributed by atoms with Gasteiger partial charge in [-0.25, -0.2) is 4.52 Å². The van der Waals surface area contributed by atoms with E-state index in [0.717, 1.165) is 16.7 Å². The Morgan fingerprint density at radius 3 is 2.57 bits per heavy atom. The van der Waals surface area contributed by atoms with Crippen LogP contribution in [0.1, 0.15) is 54.5 Å². The third-order valence-corrected chi connectivity index (χ3v) is 6.06. The molecule has 1 aromatic carbocycles. The molecule has 6 nitrogen and oxygen atoms in total. The van der Waals surface area contributed by atoms with E-state index in [9.17, 15) is 4.79 Å². The zero-order chi connectivity index (χ0) is 21.5. The molecule has 7 heteroatoms. The molecule has 1 atom stereocenters. The first-order valence-electron chi connectivity index (χ1n) is 9.83. The first-order valence-corrected chi connectivity index (χ1v) is 10.7. The van der Waals surface area contributed by atoms with Crippen molar-refractivity contribution in [1.82, 2.24) is 19.9 Å². The standard InChI is InChI=1S/C23H25N5OS/c1-14(15-5-8-18(9-6-15)23(2,3)4)25-21(29)19-11-17(13-30-19)16-7-10-20-26-22(24)27-28(20)12-16/h5-14H,1-4H3,(H2,24,27)(H,25,29). The van der Waals surface area contributed by atoms with Crippen LogP contribution in [0.4, 0.5) is 5.95 Å². The highest BCUT2D eigenvalue weighted by atomic mass is 32.1. The minimum Gasteiger partial charge on any atom is -0.366 e. The third-order valence-electron chi connectivity index (χ3n) is 5.13. The summed E-state index contributed by atoms with van der Waals surface area (Å²) in [5.74, 6) is 0.159. The van der Waals surface area contributed by atoms with Crippen LogP contribution in [0.3, 0.4) is 0 Å². The summed E-state index contributed by atoms with van der Waals surface area (Å²) in [5.41, 5.74) is 10.7. The zero-order valence-corrected chi connectivity index (χ0v) is 18.3. The summed E-state index contributed by atoms with van der Waals surface area (Å²) in [6, 6.07) is 14.1. The topological polar surface area (TPSA) is 85.3 Å². The SMILES string of the molecule is CC(NC(=O)c1cc(-c2ccc3nc(N)nn3c2)cs1)c1ccc(C(C)(C)C)cc1. The predicted molar refractivity (Wildman–Crippen MR) is 122 cm³/mol. The smallest absolute Gasteiger partial charge is 0.261 e. The fourth-order valence-electron chi connectivity index (χ4n) is 3.30. The molecule has 4 rings (SSSR count). The molecule has 3 aromatic heterocycles. The largest absolute Gasteiger partial charge is 0.366 e. The Morgan fingerprint density at radius 1 is 1.13 bits per heavy atom. The lowest BCUT2D eigenvalue weighted by Crippen LogP contribution is -2.26. The van der Waals surface area contributed by atoms with E-state index in [4.69, 9.17) is 5.73 Å². The second-order valence-electron chi connectivity index (χ2n) is 8.46. The summed E-state index contributed by atoms with van der Waals surface area (Å²) in [6.07, 6.45) is 1.86. The van der Waals surface area contributed by atoms with E-state index < -0.39 is 0 Å². The van der Waals surface area contributed by atoms with Gasteiger partial charge in [-0.1, -0.05) is 45.0 Å². The van der Waals surface area contributed by atoms with Crippen molar-refractivity contribution < 1.29 is 4.79 Å². The molecule has 0 fully saturated rings. The number of fused-ring (bicyclic) bond motifs is 1. The van der Waals surface area contributed by atoms with Gasteiger partial charge in [0.2, 0.25) is 5.95 Å². The van der Waals surface area contributed by atoms with Gasteiger partial charge in [0.25, 0.3) is 5.91 Å². The van der Waals surface area contributed by atoms with Crippen molar-refractivity contribution in [1.29, 1.82) is 0 Å². The molecule has 0 saturated carbocycles. The number of nitrogens with zero attached hydrogens (tertiary/aromatic N) is 3. The first-order chi connectivity index (χ1) is 14.2. The maximum Gasteiger partial charge on any atom is 0.261 e. The molecule has 0 saturated heterocycles. The fourth-order valence-corrected chi connectivity index (χ4v) is 4.12. The summed E-state index contributed by atoms with van der Waals surface area (Å²) in [4.78, 5) is 17.6. The number of amides is 1.